The lowest BCUT2D eigenvalue weighted by atomic mass is 10.2. The van der Waals surface area contributed by atoms with Crippen LogP contribution in [0.1, 0.15) is 34.8 Å². The third-order valence-electron chi connectivity index (χ3n) is 4.02. The second-order valence-electron chi connectivity index (χ2n) is 5.96. The number of methoxy groups -OCH3 is 2. The molecule has 1 heterocycles. The maximum Gasteiger partial charge on any atom is 0.337 e. The van der Waals surface area contributed by atoms with Crippen LogP contribution in [0, 0.1) is 0 Å². The summed E-state index contributed by atoms with van der Waals surface area (Å²) in [6, 6.07) is 6.89. The van der Waals surface area contributed by atoms with E-state index in [1.54, 1.807) is 25.3 Å². The second kappa shape index (κ2) is 8.01. The van der Waals surface area contributed by atoms with Crippen molar-refractivity contribution >= 4 is 23.4 Å². The number of hydrogen-bond acceptors (Lipinski definition) is 8. The lowest BCUT2D eigenvalue weighted by Gasteiger charge is -2.14. The maximum absolute atomic E-state index is 11.8. The number of aromatic nitrogens is 2. The zero-order valence-electron chi connectivity index (χ0n) is 14.8. The fraction of sp³-hybridized carbons (Fsp3) is 0.389. The van der Waals surface area contributed by atoms with Crippen molar-refractivity contribution in [3.05, 3.63) is 35.5 Å². The molecule has 0 saturated heterocycles. The molecule has 1 aliphatic carbocycles. The van der Waals surface area contributed by atoms with Crippen LogP contribution in [0.15, 0.2) is 24.3 Å². The lowest BCUT2D eigenvalue weighted by Crippen LogP contribution is -2.11. The van der Waals surface area contributed by atoms with Crippen molar-refractivity contribution in [3.63, 3.8) is 0 Å². The first-order valence-electron chi connectivity index (χ1n) is 8.41. The molecule has 8 heteroatoms. The summed E-state index contributed by atoms with van der Waals surface area (Å²) < 4.78 is 10.1. The molecule has 0 amide bonds. The van der Waals surface area contributed by atoms with Crippen molar-refractivity contribution in [1.29, 1.82) is 0 Å². The third kappa shape index (κ3) is 4.20. The highest BCUT2D eigenvalue weighted by Crippen LogP contribution is 2.40. The molecule has 3 N–H and O–H groups in total. The number of aliphatic hydroxyl groups is 1. The molecule has 26 heavy (non-hydrogen) atoms. The number of aliphatic hydroxyl groups excluding tert-OH is 1. The largest absolute Gasteiger partial charge is 0.495 e. The number of carbonyl (C=O) groups is 1. The molecular formula is C18H22N4O4. The topological polar surface area (TPSA) is 106 Å². The van der Waals surface area contributed by atoms with Crippen LogP contribution in [0.5, 0.6) is 5.75 Å². The van der Waals surface area contributed by atoms with E-state index in [9.17, 15) is 4.79 Å². The average molecular weight is 358 g/mol. The highest BCUT2D eigenvalue weighted by molar-refractivity contribution is 5.91. The molecule has 0 bridgehead atoms. The van der Waals surface area contributed by atoms with Gasteiger partial charge in [-0.3, -0.25) is 0 Å². The molecule has 0 unspecified atom stereocenters. The number of rotatable bonds is 8. The van der Waals surface area contributed by atoms with Gasteiger partial charge in [0.2, 0.25) is 5.95 Å². The number of anilines is 3. The summed E-state index contributed by atoms with van der Waals surface area (Å²) >= 11 is 0. The van der Waals surface area contributed by atoms with Gasteiger partial charge in [0.25, 0.3) is 0 Å². The zero-order valence-corrected chi connectivity index (χ0v) is 14.8. The SMILES string of the molecule is COC(=O)c1ccc(OC)c(Nc2cc(C3CC3)nc(NCCO)n2)c1. The molecule has 1 aliphatic rings. The summed E-state index contributed by atoms with van der Waals surface area (Å²) in [6.07, 6.45) is 2.22. The number of nitrogens with one attached hydrogen (secondary N) is 2. The quantitative estimate of drug-likeness (QED) is 0.617. The fourth-order valence-electron chi connectivity index (χ4n) is 2.55. The van der Waals surface area contributed by atoms with Gasteiger partial charge in [-0.25, -0.2) is 9.78 Å². The Morgan fingerprint density at radius 2 is 2.08 bits per heavy atom. The maximum atomic E-state index is 11.8. The van der Waals surface area contributed by atoms with Crippen molar-refractivity contribution in [2.24, 2.45) is 0 Å². The number of nitrogens with zero attached hydrogens (tertiary/aromatic N) is 2. The molecule has 8 nitrogen and oxygen atoms in total. The number of ether oxygens (including phenoxy) is 2. The molecule has 1 fully saturated rings. The van der Waals surface area contributed by atoms with Gasteiger partial charge in [0.1, 0.15) is 11.6 Å². The van der Waals surface area contributed by atoms with E-state index in [0.29, 0.717) is 41.2 Å². The van der Waals surface area contributed by atoms with Crippen molar-refractivity contribution in [2.75, 3.05) is 38.0 Å². The van der Waals surface area contributed by atoms with Crippen LogP contribution >= 0.6 is 0 Å². The van der Waals surface area contributed by atoms with Crippen LogP contribution in [-0.4, -0.2) is 48.4 Å². The van der Waals surface area contributed by atoms with Gasteiger partial charge in [-0.1, -0.05) is 0 Å². The van der Waals surface area contributed by atoms with E-state index >= 15 is 0 Å². The highest BCUT2D eigenvalue weighted by Gasteiger charge is 2.26. The van der Waals surface area contributed by atoms with E-state index in [4.69, 9.17) is 14.6 Å². The summed E-state index contributed by atoms with van der Waals surface area (Å²) in [5.41, 5.74) is 1.96. The first kappa shape index (κ1) is 17.9. The first-order chi connectivity index (χ1) is 12.6. The van der Waals surface area contributed by atoms with Crippen molar-refractivity contribution < 1.29 is 19.4 Å². The number of carbonyl (C=O) groups excluding carboxylic acids is 1. The predicted octanol–water partition coefficient (Wildman–Crippen LogP) is 2.30. The van der Waals surface area contributed by atoms with Crippen LogP contribution in [0.4, 0.5) is 17.5 Å². The van der Waals surface area contributed by atoms with Gasteiger partial charge in [0.05, 0.1) is 37.8 Å². The van der Waals surface area contributed by atoms with E-state index in [0.717, 1.165) is 18.5 Å². The minimum Gasteiger partial charge on any atom is -0.495 e. The fourth-order valence-corrected chi connectivity index (χ4v) is 2.55. The van der Waals surface area contributed by atoms with Crippen molar-refractivity contribution in [3.8, 4) is 5.75 Å². The standard InChI is InChI=1S/C18H22N4O4/c1-25-15-6-5-12(17(24)26-2)9-14(15)20-16-10-13(11-3-4-11)21-18(22-16)19-7-8-23/h5-6,9-11,23H,3-4,7-8H2,1-2H3,(H2,19,20,21,22). The summed E-state index contributed by atoms with van der Waals surface area (Å²) in [6.45, 7) is 0.365. The minimum atomic E-state index is -0.428. The Bertz CT molecular complexity index is 793. The highest BCUT2D eigenvalue weighted by atomic mass is 16.5. The van der Waals surface area contributed by atoms with Gasteiger partial charge in [0.15, 0.2) is 0 Å². The normalized spacial score (nSPS) is 13.2. The Labute approximate surface area is 151 Å². The van der Waals surface area contributed by atoms with Gasteiger partial charge in [-0.15, -0.1) is 0 Å². The Balaban J connectivity index is 1.91. The smallest absolute Gasteiger partial charge is 0.337 e. The van der Waals surface area contributed by atoms with Crippen LogP contribution in [0.25, 0.3) is 0 Å². The van der Waals surface area contributed by atoms with Crippen LogP contribution in [0.2, 0.25) is 0 Å². The monoisotopic (exact) mass is 358 g/mol. The van der Waals surface area contributed by atoms with Crippen LogP contribution in [0.3, 0.4) is 0 Å². The molecular weight excluding hydrogens is 336 g/mol. The molecule has 0 spiro atoms. The third-order valence-corrected chi connectivity index (χ3v) is 4.02. The van der Waals surface area contributed by atoms with Crippen LogP contribution in [-0.2, 0) is 4.74 Å². The molecule has 0 atom stereocenters. The Hall–Kier alpha value is -2.87. The Morgan fingerprint density at radius 3 is 2.73 bits per heavy atom. The Morgan fingerprint density at radius 1 is 1.27 bits per heavy atom. The van der Waals surface area contributed by atoms with Gasteiger partial charge in [-0.05, 0) is 31.0 Å². The molecule has 3 rings (SSSR count). The molecule has 2 aromatic rings. The van der Waals surface area contributed by atoms with Gasteiger partial charge >= 0.3 is 5.97 Å². The van der Waals surface area contributed by atoms with E-state index in [1.807, 2.05) is 6.07 Å². The molecule has 1 saturated carbocycles. The summed E-state index contributed by atoms with van der Waals surface area (Å²) in [4.78, 5) is 20.7. The van der Waals surface area contributed by atoms with E-state index in [2.05, 4.69) is 20.6 Å². The molecule has 0 aliphatic heterocycles. The minimum absolute atomic E-state index is 0.00518. The second-order valence-corrected chi connectivity index (χ2v) is 5.96. The molecule has 138 valence electrons. The van der Waals surface area contributed by atoms with Gasteiger partial charge < -0.3 is 25.2 Å². The predicted molar refractivity (Wildman–Crippen MR) is 97.2 cm³/mol. The summed E-state index contributed by atoms with van der Waals surface area (Å²) in [5, 5.41) is 15.2. The summed E-state index contributed by atoms with van der Waals surface area (Å²) in [5.74, 6) is 1.63. The first-order valence-corrected chi connectivity index (χ1v) is 8.41. The van der Waals surface area contributed by atoms with Crippen molar-refractivity contribution in [2.45, 2.75) is 18.8 Å². The lowest BCUT2D eigenvalue weighted by molar-refractivity contribution is 0.0600. The van der Waals surface area contributed by atoms with E-state index in [-0.39, 0.29) is 6.61 Å². The van der Waals surface area contributed by atoms with E-state index < -0.39 is 5.97 Å². The number of esters is 1. The molecule has 0 radical (unpaired) electrons. The van der Waals surface area contributed by atoms with E-state index in [1.165, 1.54) is 7.11 Å². The number of benzene rings is 1. The molecule has 1 aromatic heterocycles. The van der Waals surface area contributed by atoms with Gasteiger partial charge in [-0.2, -0.15) is 4.98 Å². The average Bonchev–Trinajstić information content (AvgIpc) is 3.50. The van der Waals surface area contributed by atoms with Gasteiger partial charge in [0, 0.05) is 18.5 Å². The zero-order chi connectivity index (χ0) is 18.5. The molecule has 1 aromatic carbocycles. The number of hydrogen-bond donors (Lipinski definition) is 3. The summed E-state index contributed by atoms with van der Waals surface area (Å²) in [7, 11) is 2.90. The van der Waals surface area contributed by atoms with Crippen molar-refractivity contribution in [1.82, 2.24) is 9.97 Å². The van der Waals surface area contributed by atoms with Crippen LogP contribution < -0.4 is 15.4 Å². The Kier molecular flexibility index (Phi) is 5.52.